The minimum Gasteiger partial charge on any atom is -0.445 e. The SMILES string of the molecule is O=C(OCc1ccccc1)N1CC(COC(F)(F)CF)C1. The molecule has 1 aliphatic heterocycles. The minimum absolute atomic E-state index is 0.164. The van der Waals surface area contributed by atoms with Crippen molar-refractivity contribution in [1.29, 1.82) is 0 Å². The van der Waals surface area contributed by atoms with Gasteiger partial charge in [0.25, 0.3) is 0 Å². The molecular weight excluding hydrogens is 287 g/mol. The van der Waals surface area contributed by atoms with Crippen molar-refractivity contribution in [3.05, 3.63) is 35.9 Å². The molecule has 1 aromatic carbocycles. The summed E-state index contributed by atoms with van der Waals surface area (Å²) in [6.45, 7) is -1.41. The number of alkyl halides is 3. The number of hydrogen-bond donors (Lipinski definition) is 0. The van der Waals surface area contributed by atoms with Crippen molar-refractivity contribution >= 4 is 6.09 Å². The van der Waals surface area contributed by atoms with E-state index >= 15 is 0 Å². The predicted molar refractivity (Wildman–Crippen MR) is 68.6 cm³/mol. The first-order valence-corrected chi connectivity index (χ1v) is 6.53. The van der Waals surface area contributed by atoms with Gasteiger partial charge in [0.2, 0.25) is 0 Å². The first kappa shape index (κ1) is 15.6. The molecule has 0 radical (unpaired) electrons. The van der Waals surface area contributed by atoms with Gasteiger partial charge < -0.3 is 14.4 Å². The van der Waals surface area contributed by atoms with Crippen molar-refractivity contribution in [2.45, 2.75) is 12.7 Å². The number of rotatable bonds is 6. The maximum atomic E-state index is 12.5. The topological polar surface area (TPSA) is 38.8 Å². The Morgan fingerprint density at radius 1 is 1.29 bits per heavy atom. The summed E-state index contributed by atoms with van der Waals surface area (Å²) >= 11 is 0. The fraction of sp³-hybridized carbons (Fsp3) is 0.500. The van der Waals surface area contributed by atoms with Crippen LogP contribution < -0.4 is 0 Å². The van der Waals surface area contributed by atoms with Gasteiger partial charge in [-0.15, -0.1) is 0 Å². The van der Waals surface area contributed by atoms with Crippen LogP contribution in [0.1, 0.15) is 5.56 Å². The fourth-order valence-electron chi connectivity index (χ4n) is 1.91. The Labute approximate surface area is 120 Å². The van der Waals surface area contributed by atoms with Crippen molar-refractivity contribution in [2.24, 2.45) is 5.92 Å². The number of carbonyl (C=O) groups is 1. The molecule has 0 bridgehead atoms. The molecule has 1 heterocycles. The maximum Gasteiger partial charge on any atom is 0.410 e. The van der Waals surface area contributed by atoms with E-state index in [1.165, 1.54) is 4.90 Å². The van der Waals surface area contributed by atoms with Crippen LogP contribution >= 0.6 is 0 Å². The van der Waals surface area contributed by atoms with Crippen LogP contribution in [0.3, 0.4) is 0 Å². The number of halogens is 3. The molecule has 0 spiro atoms. The van der Waals surface area contributed by atoms with Crippen molar-refractivity contribution in [3.63, 3.8) is 0 Å². The molecule has 1 fully saturated rings. The van der Waals surface area contributed by atoms with Crippen molar-refractivity contribution in [2.75, 3.05) is 26.4 Å². The van der Waals surface area contributed by atoms with Gasteiger partial charge >= 0.3 is 12.2 Å². The summed E-state index contributed by atoms with van der Waals surface area (Å²) in [6.07, 6.45) is -4.24. The van der Waals surface area contributed by atoms with E-state index in [9.17, 15) is 18.0 Å². The van der Waals surface area contributed by atoms with Crippen LogP contribution in [-0.4, -0.2) is 43.5 Å². The van der Waals surface area contributed by atoms with Crippen molar-refractivity contribution < 1.29 is 27.4 Å². The number of carbonyl (C=O) groups excluding carboxylic acids is 1. The van der Waals surface area contributed by atoms with Gasteiger partial charge in [0.1, 0.15) is 6.61 Å². The van der Waals surface area contributed by atoms with E-state index in [1.807, 2.05) is 30.3 Å². The highest BCUT2D eigenvalue weighted by atomic mass is 19.3. The number of benzene rings is 1. The van der Waals surface area contributed by atoms with Crippen LogP contribution in [0.2, 0.25) is 0 Å². The Bertz CT molecular complexity index is 464. The number of hydrogen-bond acceptors (Lipinski definition) is 3. The van der Waals surface area contributed by atoms with E-state index in [2.05, 4.69) is 4.74 Å². The molecule has 116 valence electrons. The monoisotopic (exact) mass is 303 g/mol. The lowest BCUT2D eigenvalue weighted by Crippen LogP contribution is -2.52. The van der Waals surface area contributed by atoms with E-state index < -0.39 is 18.9 Å². The third-order valence-corrected chi connectivity index (χ3v) is 3.11. The molecule has 0 aliphatic carbocycles. The van der Waals surface area contributed by atoms with Crippen LogP contribution in [0, 0.1) is 5.92 Å². The summed E-state index contributed by atoms with van der Waals surface area (Å²) in [4.78, 5) is 13.0. The van der Waals surface area contributed by atoms with Crippen LogP contribution in [0.15, 0.2) is 30.3 Å². The van der Waals surface area contributed by atoms with Gasteiger partial charge in [-0.25, -0.2) is 9.18 Å². The molecule has 4 nitrogen and oxygen atoms in total. The molecule has 0 unspecified atom stereocenters. The quantitative estimate of drug-likeness (QED) is 0.811. The number of nitrogens with zero attached hydrogens (tertiary/aromatic N) is 1. The zero-order chi connectivity index (χ0) is 15.3. The van der Waals surface area contributed by atoms with E-state index in [0.717, 1.165) is 5.56 Å². The van der Waals surface area contributed by atoms with Gasteiger partial charge in [0, 0.05) is 19.0 Å². The summed E-state index contributed by atoms with van der Waals surface area (Å²) in [5.41, 5.74) is 0.869. The van der Waals surface area contributed by atoms with Gasteiger partial charge in [-0.3, -0.25) is 0 Å². The lowest BCUT2D eigenvalue weighted by molar-refractivity contribution is -0.255. The number of ether oxygens (including phenoxy) is 2. The lowest BCUT2D eigenvalue weighted by atomic mass is 10.0. The molecule has 0 saturated carbocycles. The van der Waals surface area contributed by atoms with Crippen LogP contribution in [0.5, 0.6) is 0 Å². The Morgan fingerprint density at radius 3 is 2.57 bits per heavy atom. The van der Waals surface area contributed by atoms with Gasteiger partial charge in [0.15, 0.2) is 6.67 Å². The molecule has 0 N–H and O–H groups in total. The fourth-order valence-corrected chi connectivity index (χ4v) is 1.91. The second kappa shape index (κ2) is 6.80. The van der Waals surface area contributed by atoms with Gasteiger partial charge in [-0.2, -0.15) is 8.78 Å². The highest BCUT2D eigenvalue weighted by Crippen LogP contribution is 2.22. The van der Waals surface area contributed by atoms with E-state index in [0.29, 0.717) is 0 Å². The Hall–Kier alpha value is -1.76. The Kier molecular flexibility index (Phi) is 5.06. The molecule has 2 rings (SSSR count). The van der Waals surface area contributed by atoms with Crippen molar-refractivity contribution in [3.8, 4) is 0 Å². The summed E-state index contributed by atoms with van der Waals surface area (Å²) in [5.74, 6) is -0.216. The largest absolute Gasteiger partial charge is 0.445 e. The molecule has 0 atom stereocenters. The normalized spacial score (nSPS) is 15.7. The molecule has 1 amide bonds. The summed E-state index contributed by atoms with van der Waals surface area (Å²) in [5, 5.41) is 0. The van der Waals surface area contributed by atoms with Gasteiger partial charge in [-0.05, 0) is 5.56 Å². The lowest BCUT2D eigenvalue weighted by Gasteiger charge is -2.38. The Balaban J connectivity index is 1.64. The third kappa shape index (κ3) is 4.63. The standard InChI is InChI=1S/C14H16F3NO3/c15-10-14(16,17)21-9-12-6-18(7-12)13(19)20-8-11-4-2-1-3-5-11/h1-5,12H,6-10H2. The van der Waals surface area contributed by atoms with Crippen LogP contribution in [-0.2, 0) is 16.1 Å². The third-order valence-electron chi connectivity index (χ3n) is 3.11. The highest BCUT2D eigenvalue weighted by molar-refractivity contribution is 5.68. The highest BCUT2D eigenvalue weighted by Gasteiger charge is 2.36. The molecular formula is C14H16F3NO3. The van der Waals surface area contributed by atoms with Crippen molar-refractivity contribution in [1.82, 2.24) is 4.90 Å². The molecule has 1 saturated heterocycles. The van der Waals surface area contributed by atoms with E-state index in [-0.39, 0.29) is 32.2 Å². The molecule has 21 heavy (non-hydrogen) atoms. The second-order valence-corrected chi connectivity index (χ2v) is 4.89. The minimum atomic E-state index is -3.74. The molecule has 1 aliphatic rings. The van der Waals surface area contributed by atoms with Gasteiger partial charge in [0.05, 0.1) is 6.61 Å². The van der Waals surface area contributed by atoms with E-state index in [4.69, 9.17) is 4.74 Å². The smallest absolute Gasteiger partial charge is 0.410 e. The predicted octanol–water partition coefficient (Wildman–Crippen LogP) is 2.83. The zero-order valence-corrected chi connectivity index (χ0v) is 11.3. The number of likely N-dealkylation sites (tertiary alicyclic amines) is 1. The summed E-state index contributed by atoms with van der Waals surface area (Å²) in [6, 6.07) is 9.20. The summed E-state index contributed by atoms with van der Waals surface area (Å²) in [7, 11) is 0. The average Bonchev–Trinajstić information content (AvgIpc) is 2.44. The van der Waals surface area contributed by atoms with Crippen LogP contribution in [0.25, 0.3) is 0 Å². The maximum absolute atomic E-state index is 12.5. The molecule has 0 aromatic heterocycles. The first-order valence-electron chi connectivity index (χ1n) is 6.53. The number of amides is 1. The first-order chi connectivity index (χ1) is 10.00. The Morgan fingerprint density at radius 2 is 1.95 bits per heavy atom. The molecule has 1 aromatic rings. The summed E-state index contributed by atoms with van der Waals surface area (Å²) < 4.78 is 46.2. The van der Waals surface area contributed by atoms with Gasteiger partial charge in [-0.1, -0.05) is 30.3 Å². The second-order valence-electron chi connectivity index (χ2n) is 4.89. The zero-order valence-electron chi connectivity index (χ0n) is 11.3. The average molecular weight is 303 g/mol. The van der Waals surface area contributed by atoms with E-state index in [1.54, 1.807) is 0 Å². The molecule has 7 heteroatoms. The van der Waals surface area contributed by atoms with Crippen LogP contribution in [0.4, 0.5) is 18.0 Å².